The number of carbonyl (C=O) groups is 2. The Morgan fingerprint density at radius 1 is 1.35 bits per heavy atom. The molecule has 37 heavy (non-hydrogen) atoms. The Hall–Kier alpha value is -2.97. The number of fused-ring (bicyclic) bond motifs is 3. The van der Waals surface area contributed by atoms with Crippen molar-refractivity contribution < 1.29 is 28.9 Å². The second-order valence-corrected chi connectivity index (χ2v) is 10.9. The van der Waals surface area contributed by atoms with Crippen LogP contribution in [0.25, 0.3) is 6.08 Å². The lowest BCUT2D eigenvalue weighted by molar-refractivity contribution is -0.216. The van der Waals surface area contributed by atoms with E-state index in [-0.39, 0.29) is 29.9 Å². The molecule has 1 N–H and O–H groups in total. The fourth-order valence-corrected chi connectivity index (χ4v) is 5.75. The fraction of sp³-hybridized carbons (Fsp3) is 0.552. The molecule has 6 unspecified atom stereocenters. The molecule has 0 radical (unpaired) electrons. The summed E-state index contributed by atoms with van der Waals surface area (Å²) >= 11 is 0. The van der Waals surface area contributed by atoms with Crippen molar-refractivity contribution in [1.29, 1.82) is 0 Å². The van der Waals surface area contributed by atoms with E-state index in [1.54, 1.807) is 43.1 Å². The van der Waals surface area contributed by atoms with Crippen molar-refractivity contribution in [2.45, 2.75) is 65.0 Å². The lowest BCUT2D eigenvalue weighted by Gasteiger charge is -2.41. The van der Waals surface area contributed by atoms with Gasteiger partial charge in [0.2, 0.25) is 5.79 Å². The van der Waals surface area contributed by atoms with Gasteiger partial charge in [0.1, 0.15) is 11.7 Å². The maximum absolute atomic E-state index is 13.1. The Morgan fingerprint density at radius 2 is 2.11 bits per heavy atom. The van der Waals surface area contributed by atoms with Gasteiger partial charge in [-0.1, -0.05) is 31.6 Å². The number of allylic oxidation sites excluding steroid dienone is 3. The highest BCUT2D eigenvalue weighted by Crippen LogP contribution is 2.49. The first kappa shape index (κ1) is 27.1. The third-order valence-corrected chi connectivity index (χ3v) is 7.85. The van der Waals surface area contributed by atoms with Gasteiger partial charge in [-0.3, -0.25) is 0 Å². The summed E-state index contributed by atoms with van der Waals surface area (Å²) in [6, 6.07) is 0. The normalized spacial score (nSPS) is 34.7. The van der Waals surface area contributed by atoms with Gasteiger partial charge in [0.25, 0.3) is 0 Å². The zero-order valence-corrected chi connectivity index (χ0v) is 22.5. The molecule has 8 heteroatoms. The highest BCUT2D eigenvalue weighted by atomic mass is 16.7. The summed E-state index contributed by atoms with van der Waals surface area (Å²) in [4.78, 5) is 30.3. The third kappa shape index (κ3) is 5.50. The van der Waals surface area contributed by atoms with Crippen LogP contribution in [0.4, 0.5) is 0 Å². The monoisotopic (exact) mass is 510 g/mol. The number of hydrogen-bond donors (Lipinski definition) is 1. The minimum Gasteiger partial charge on any atom is -0.462 e. The molecule has 1 aromatic rings. The number of esters is 2. The number of aliphatic hydroxyl groups is 1. The quantitative estimate of drug-likeness (QED) is 0.349. The van der Waals surface area contributed by atoms with Crippen LogP contribution in [0, 0.1) is 23.7 Å². The second kappa shape index (κ2) is 10.4. The predicted molar refractivity (Wildman–Crippen MR) is 139 cm³/mol. The molecule has 8 nitrogen and oxygen atoms in total. The molecule has 3 aliphatic rings. The smallest absolute Gasteiger partial charge is 0.339 e. The van der Waals surface area contributed by atoms with Gasteiger partial charge >= 0.3 is 11.9 Å². The largest absolute Gasteiger partial charge is 0.462 e. The topological polar surface area (TPSA) is 99.9 Å². The van der Waals surface area contributed by atoms with Crippen LogP contribution in [-0.2, 0) is 30.8 Å². The number of imidazole rings is 1. The summed E-state index contributed by atoms with van der Waals surface area (Å²) in [5, 5.41) is 11.6. The van der Waals surface area contributed by atoms with E-state index in [2.05, 4.69) is 31.8 Å². The lowest BCUT2D eigenvalue weighted by atomic mass is 9.65. The van der Waals surface area contributed by atoms with Gasteiger partial charge in [-0.25, -0.2) is 14.6 Å². The first-order chi connectivity index (χ1) is 17.5. The first-order valence-corrected chi connectivity index (χ1v) is 13.0. The van der Waals surface area contributed by atoms with E-state index in [4.69, 9.17) is 14.2 Å². The van der Waals surface area contributed by atoms with Crippen LogP contribution in [0.2, 0.25) is 0 Å². The molecule has 1 aliphatic carbocycles. The lowest BCUT2D eigenvalue weighted by Crippen LogP contribution is -2.47. The average molecular weight is 511 g/mol. The number of hydrogen-bond acceptors (Lipinski definition) is 7. The molecule has 1 aromatic heterocycles. The SMILES string of the molecule is CCOC(=O)/C1=C/C2C(CC(OC(=O)/C=C/c3cn(C)cn3)C3(C)C=CC1(O)O3)C(C)=CCC2C(C)C. The molecule has 4 rings (SSSR count). The highest BCUT2D eigenvalue weighted by molar-refractivity contribution is 5.91. The maximum Gasteiger partial charge on any atom is 0.339 e. The minimum absolute atomic E-state index is 0.0140. The molecule has 0 spiro atoms. The van der Waals surface area contributed by atoms with Gasteiger partial charge in [0, 0.05) is 19.3 Å². The first-order valence-electron chi connectivity index (χ1n) is 13.0. The molecular formula is C29H38N2O6. The van der Waals surface area contributed by atoms with Gasteiger partial charge in [-0.2, -0.15) is 0 Å². The van der Waals surface area contributed by atoms with Gasteiger partial charge in [0.15, 0.2) is 0 Å². The summed E-state index contributed by atoms with van der Waals surface area (Å²) in [6.07, 6.45) is 14.3. The van der Waals surface area contributed by atoms with Crippen molar-refractivity contribution in [1.82, 2.24) is 9.55 Å². The van der Waals surface area contributed by atoms with E-state index in [9.17, 15) is 14.7 Å². The number of carbonyl (C=O) groups excluding carboxylic acids is 2. The molecule has 2 aliphatic heterocycles. The van der Waals surface area contributed by atoms with Crippen LogP contribution in [0.5, 0.6) is 0 Å². The van der Waals surface area contributed by atoms with E-state index < -0.39 is 29.4 Å². The van der Waals surface area contributed by atoms with Gasteiger partial charge in [0.05, 0.1) is 24.2 Å². The summed E-state index contributed by atoms with van der Waals surface area (Å²) < 4.78 is 19.3. The number of ether oxygens (including phenoxy) is 3. The number of aryl methyl sites for hydroxylation is 1. The predicted octanol–water partition coefficient (Wildman–Crippen LogP) is 4.13. The van der Waals surface area contributed by atoms with Crippen LogP contribution in [0.1, 0.15) is 53.2 Å². The van der Waals surface area contributed by atoms with E-state index in [0.717, 1.165) is 6.42 Å². The van der Waals surface area contributed by atoms with Gasteiger partial charge < -0.3 is 23.9 Å². The average Bonchev–Trinajstić information content (AvgIpc) is 3.40. The Kier molecular flexibility index (Phi) is 7.62. The molecule has 3 heterocycles. The molecule has 6 atom stereocenters. The minimum atomic E-state index is -1.99. The Balaban J connectivity index is 1.73. The molecule has 0 amide bonds. The number of nitrogens with zero attached hydrogens (tertiary/aromatic N) is 2. The zero-order valence-electron chi connectivity index (χ0n) is 22.5. The van der Waals surface area contributed by atoms with Crippen LogP contribution in [0.15, 0.2) is 54.1 Å². The highest BCUT2D eigenvalue weighted by Gasteiger charge is 2.54. The molecule has 2 bridgehead atoms. The van der Waals surface area contributed by atoms with E-state index >= 15 is 0 Å². The summed E-state index contributed by atoms with van der Waals surface area (Å²) in [5.41, 5.74) is 0.727. The zero-order chi connectivity index (χ0) is 27.0. The molecule has 0 aromatic carbocycles. The molecule has 0 saturated heterocycles. The summed E-state index contributed by atoms with van der Waals surface area (Å²) in [7, 11) is 1.85. The number of rotatable bonds is 6. The standard InChI is InChI=1S/C29H38N2O6/c1-7-35-27(33)24-14-23-21(18(2)3)10-8-19(4)22(23)15-25(28(5)12-13-29(24,34)37-28)36-26(32)11-9-20-16-31(6)17-30-20/h8-9,11-14,16-18,21-23,25,34H,7,10,15H2,1-6H3/b11-9+,24-14-. The molecule has 0 saturated carbocycles. The van der Waals surface area contributed by atoms with E-state index in [0.29, 0.717) is 18.0 Å². The van der Waals surface area contributed by atoms with Crippen LogP contribution >= 0.6 is 0 Å². The maximum atomic E-state index is 13.1. The van der Waals surface area contributed by atoms with Crippen LogP contribution < -0.4 is 0 Å². The van der Waals surface area contributed by atoms with Crippen molar-refractivity contribution in [2.75, 3.05) is 6.61 Å². The van der Waals surface area contributed by atoms with E-state index in [1.165, 1.54) is 17.7 Å². The van der Waals surface area contributed by atoms with Gasteiger partial charge in [-0.05, 0) is 75.5 Å². The second-order valence-electron chi connectivity index (χ2n) is 10.9. The fourth-order valence-electron chi connectivity index (χ4n) is 5.75. The van der Waals surface area contributed by atoms with Crippen molar-refractivity contribution in [3.63, 3.8) is 0 Å². The summed E-state index contributed by atoms with van der Waals surface area (Å²) in [5.74, 6) is -2.65. The molecule has 0 fully saturated rings. The summed E-state index contributed by atoms with van der Waals surface area (Å²) in [6.45, 7) is 10.1. The molecule has 200 valence electrons. The Morgan fingerprint density at radius 3 is 2.76 bits per heavy atom. The Labute approximate surface area is 218 Å². The van der Waals surface area contributed by atoms with Crippen molar-refractivity contribution >= 4 is 18.0 Å². The van der Waals surface area contributed by atoms with E-state index in [1.807, 2.05) is 13.1 Å². The van der Waals surface area contributed by atoms with Crippen molar-refractivity contribution in [3.8, 4) is 0 Å². The van der Waals surface area contributed by atoms with Gasteiger partial charge in [-0.15, -0.1) is 0 Å². The Bertz CT molecular complexity index is 1160. The number of aromatic nitrogens is 2. The van der Waals surface area contributed by atoms with Crippen LogP contribution in [-0.4, -0.2) is 50.7 Å². The third-order valence-electron chi connectivity index (χ3n) is 7.85. The van der Waals surface area contributed by atoms with Crippen LogP contribution in [0.3, 0.4) is 0 Å². The molecular weight excluding hydrogens is 472 g/mol. The van der Waals surface area contributed by atoms with Crippen molar-refractivity contribution in [3.05, 3.63) is 59.7 Å². The van der Waals surface area contributed by atoms with Crippen molar-refractivity contribution in [2.24, 2.45) is 30.7 Å².